The van der Waals surface area contributed by atoms with E-state index in [9.17, 15) is 46.0 Å². The maximum atomic E-state index is 10.7. The molecule has 200 valence electrons. The quantitative estimate of drug-likeness (QED) is 0.157. The highest BCUT2D eigenvalue weighted by Crippen LogP contribution is 2.33. The maximum Gasteiger partial charge on any atom is 0.187 e. The number of hydrogen-bond donors (Lipinski definition) is 9. The number of rotatable bonds is 7. The molecule has 3 aliphatic heterocycles. The van der Waals surface area contributed by atoms with Gasteiger partial charge in [-0.05, 0) is 6.92 Å². The zero-order chi connectivity index (χ0) is 25.3. The van der Waals surface area contributed by atoms with Gasteiger partial charge in [0.2, 0.25) is 0 Å². The Kier molecular flexibility index (Phi) is 9.57. The van der Waals surface area contributed by atoms with Gasteiger partial charge in [0.25, 0.3) is 0 Å². The van der Waals surface area contributed by atoms with E-state index in [-0.39, 0.29) is 0 Å². The molecule has 34 heavy (non-hydrogen) atoms. The maximum absolute atomic E-state index is 10.7. The van der Waals surface area contributed by atoms with Crippen molar-refractivity contribution in [2.24, 2.45) is 0 Å². The molecule has 0 aliphatic carbocycles. The van der Waals surface area contributed by atoms with E-state index in [0.717, 1.165) is 0 Å². The second-order valence-corrected chi connectivity index (χ2v) is 8.53. The van der Waals surface area contributed by atoms with Crippen molar-refractivity contribution in [3.05, 3.63) is 0 Å². The van der Waals surface area contributed by atoms with E-state index >= 15 is 0 Å². The number of aliphatic hydroxyl groups is 9. The van der Waals surface area contributed by atoms with Crippen molar-refractivity contribution in [1.82, 2.24) is 0 Å². The predicted octanol–water partition coefficient (Wildman–Crippen LogP) is -5.89. The first-order chi connectivity index (χ1) is 16.0. The van der Waals surface area contributed by atoms with Crippen molar-refractivity contribution in [2.45, 2.75) is 99.0 Å². The molecule has 0 aromatic heterocycles. The van der Waals surface area contributed by atoms with Crippen LogP contribution in [0, 0.1) is 0 Å². The van der Waals surface area contributed by atoms with E-state index in [0.29, 0.717) is 0 Å². The van der Waals surface area contributed by atoms with Gasteiger partial charge in [0.1, 0.15) is 67.1 Å². The first-order valence-electron chi connectivity index (χ1n) is 10.8. The van der Waals surface area contributed by atoms with Crippen LogP contribution in [0.4, 0.5) is 0 Å². The first kappa shape index (κ1) is 28.0. The predicted molar refractivity (Wildman–Crippen MR) is 105 cm³/mol. The molecule has 0 saturated carbocycles. The third-order valence-corrected chi connectivity index (χ3v) is 6.30. The fraction of sp³-hybridized carbons (Fsp3) is 1.00. The molecular weight excluding hydrogens is 468 g/mol. The highest BCUT2D eigenvalue weighted by molar-refractivity contribution is 4.96. The Morgan fingerprint density at radius 2 is 1.18 bits per heavy atom. The molecular formula is C19H34O15. The molecule has 0 unspecified atom stereocenters. The minimum atomic E-state index is -1.78. The summed E-state index contributed by atoms with van der Waals surface area (Å²) >= 11 is 0. The molecule has 3 saturated heterocycles. The Morgan fingerprint density at radius 3 is 1.76 bits per heavy atom. The van der Waals surface area contributed by atoms with Crippen LogP contribution >= 0.6 is 0 Å². The molecule has 3 heterocycles. The van der Waals surface area contributed by atoms with Crippen LogP contribution in [0.5, 0.6) is 0 Å². The van der Waals surface area contributed by atoms with Crippen LogP contribution in [-0.4, -0.2) is 158 Å². The van der Waals surface area contributed by atoms with Gasteiger partial charge in [-0.2, -0.15) is 0 Å². The molecule has 0 amide bonds. The minimum absolute atomic E-state index is 0.679. The van der Waals surface area contributed by atoms with Crippen molar-refractivity contribution < 1.29 is 74.4 Å². The number of methoxy groups -OCH3 is 1. The Balaban J connectivity index is 1.79. The van der Waals surface area contributed by atoms with E-state index < -0.39 is 105 Å². The molecule has 0 aromatic carbocycles. The lowest BCUT2D eigenvalue weighted by atomic mass is 9.96. The summed E-state index contributed by atoms with van der Waals surface area (Å²) in [5.74, 6) is 0. The third kappa shape index (κ3) is 5.39. The SMILES string of the molecule is CO[C@H]1[C@H](O[C@@H]2[C@@H](O)[C@H](O)O[C@H](CO)[C@H]2O)O[C@@H](C)[C@@H](O)[C@H]1O[C@@H]1O[C@H](CO)[C@@H](O)[C@H](O)[C@H]1O. The molecule has 3 aliphatic rings. The Bertz CT molecular complexity index is 639. The minimum Gasteiger partial charge on any atom is -0.394 e. The highest BCUT2D eigenvalue weighted by atomic mass is 16.8. The molecule has 0 bridgehead atoms. The summed E-state index contributed by atoms with van der Waals surface area (Å²) in [6, 6.07) is 0. The molecule has 0 spiro atoms. The van der Waals surface area contributed by atoms with E-state index in [2.05, 4.69) is 0 Å². The van der Waals surface area contributed by atoms with Crippen LogP contribution < -0.4 is 0 Å². The van der Waals surface area contributed by atoms with Crippen molar-refractivity contribution in [1.29, 1.82) is 0 Å². The van der Waals surface area contributed by atoms with Crippen LogP contribution in [0.25, 0.3) is 0 Å². The molecule has 15 heteroatoms. The normalized spacial score (nSPS) is 52.5. The van der Waals surface area contributed by atoms with Gasteiger partial charge in [-0.25, -0.2) is 0 Å². The summed E-state index contributed by atoms with van der Waals surface area (Å²) in [7, 11) is 1.22. The first-order valence-corrected chi connectivity index (χ1v) is 10.8. The largest absolute Gasteiger partial charge is 0.394 e. The van der Waals surface area contributed by atoms with Crippen molar-refractivity contribution in [3.63, 3.8) is 0 Å². The summed E-state index contributed by atoms with van der Waals surface area (Å²) in [5, 5.41) is 90.2. The van der Waals surface area contributed by atoms with E-state index in [1.54, 1.807) is 0 Å². The zero-order valence-electron chi connectivity index (χ0n) is 18.5. The molecule has 0 radical (unpaired) electrons. The van der Waals surface area contributed by atoms with E-state index in [4.69, 9.17) is 28.4 Å². The van der Waals surface area contributed by atoms with Crippen LogP contribution in [0.2, 0.25) is 0 Å². The van der Waals surface area contributed by atoms with Crippen LogP contribution in [0.3, 0.4) is 0 Å². The summed E-state index contributed by atoms with van der Waals surface area (Å²) in [4.78, 5) is 0. The second kappa shape index (κ2) is 11.6. The van der Waals surface area contributed by atoms with Gasteiger partial charge in [-0.3, -0.25) is 0 Å². The molecule has 3 rings (SSSR count). The number of ether oxygens (including phenoxy) is 6. The highest BCUT2D eigenvalue weighted by Gasteiger charge is 2.53. The van der Waals surface area contributed by atoms with Crippen molar-refractivity contribution in [3.8, 4) is 0 Å². The Morgan fingerprint density at radius 1 is 0.588 bits per heavy atom. The molecule has 9 N–H and O–H groups in total. The smallest absolute Gasteiger partial charge is 0.187 e. The molecule has 0 aromatic rings. The Labute approximate surface area is 194 Å². The van der Waals surface area contributed by atoms with Gasteiger partial charge in [-0.15, -0.1) is 0 Å². The van der Waals surface area contributed by atoms with E-state index in [1.807, 2.05) is 0 Å². The fourth-order valence-corrected chi connectivity index (χ4v) is 4.22. The third-order valence-electron chi connectivity index (χ3n) is 6.30. The van der Waals surface area contributed by atoms with Crippen molar-refractivity contribution in [2.75, 3.05) is 20.3 Å². The monoisotopic (exact) mass is 502 g/mol. The number of aliphatic hydroxyl groups excluding tert-OH is 9. The van der Waals surface area contributed by atoms with Crippen LogP contribution in [0.15, 0.2) is 0 Å². The van der Waals surface area contributed by atoms with Crippen molar-refractivity contribution >= 4 is 0 Å². The average molecular weight is 502 g/mol. The average Bonchev–Trinajstić information content (AvgIpc) is 2.82. The summed E-state index contributed by atoms with van der Waals surface area (Å²) in [6.07, 6.45) is -22.1. The van der Waals surface area contributed by atoms with Gasteiger partial charge in [-0.1, -0.05) is 0 Å². The van der Waals surface area contributed by atoms with Gasteiger partial charge in [0.05, 0.1) is 19.3 Å². The van der Waals surface area contributed by atoms with E-state index in [1.165, 1.54) is 14.0 Å². The lowest BCUT2D eigenvalue weighted by Gasteiger charge is -2.48. The molecule has 15 atom stereocenters. The van der Waals surface area contributed by atoms with Gasteiger partial charge in [0.15, 0.2) is 18.9 Å². The van der Waals surface area contributed by atoms with Gasteiger partial charge >= 0.3 is 0 Å². The standard InChI is InChI=1S/C19H34O15/c1-5-8(22)15(34-18-12(26)11(25)9(23)6(3-20)32-18)16(29-2)19(30-5)33-14-10(24)7(4-21)31-17(28)13(14)27/h5-28H,3-4H2,1-2H3/t5-,6+,7+,8+,9+,10+,11-,12+,13+,14-,15+,16+,17+,18-,19-/m0/s1. The number of hydrogen-bond acceptors (Lipinski definition) is 15. The summed E-state index contributed by atoms with van der Waals surface area (Å²) < 4.78 is 32.6. The summed E-state index contributed by atoms with van der Waals surface area (Å²) in [6.45, 7) is 0.0889. The van der Waals surface area contributed by atoms with Gasteiger partial charge < -0.3 is 74.4 Å². The summed E-state index contributed by atoms with van der Waals surface area (Å²) in [5.41, 5.74) is 0. The fourth-order valence-electron chi connectivity index (χ4n) is 4.22. The second-order valence-electron chi connectivity index (χ2n) is 8.53. The lowest BCUT2D eigenvalue weighted by molar-refractivity contribution is -0.378. The molecule has 15 nitrogen and oxygen atoms in total. The molecule has 3 fully saturated rings. The lowest BCUT2D eigenvalue weighted by Crippen LogP contribution is -2.66. The van der Waals surface area contributed by atoms with Crippen LogP contribution in [-0.2, 0) is 28.4 Å². The topological polar surface area (TPSA) is 237 Å². The van der Waals surface area contributed by atoms with Crippen LogP contribution in [0.1, 0.15) is 6.92 Å². The zero-order valence-corrected chi connectivity index (χ0v) is 18.5. The Hall–Kier alpha value is -0.600. The van der Waals surface area contributed by atoms with Gasteiger partial charge in [0, 0.05) is 7.11 Å².